The van der Waals surface area contributed by atoms with Gasteiger partial charge in [0.25, 0.3) is 11.6 Å². The van der Waals surface area contributed by atoms with E-state index in [4.69, 9.17) is 0 Å². The highest BCUT2D eigenvalue weighted by atomic mass is 16.6. The van der Waals surface area contributed by atoms with E-state index in [1.807, 2.05) is 0 Å². The van der Waals surface area contributed by atoms with Crippen molar-refractivity contribution in [3.8, 4) is 0 Å². The van der Waals surface area contributed by atoms with Gasteiger partial charge < -0.3 is 10.2 Å². The monoisotopic (exact) mass is 331 g/mol. The molecule has 1 aromatic carbocycles. The minimum atomic E-state index is -0.434. The molecular weight excluding hydrogens is 306 g/mol. The number of carbonyl (C=O) groups is 1. The van der Waals surface area contributed by atoms with Gasteiger partial charge in [-0.25, -0.2) is 0 Å². The van der Waals surface area contributed by atoms with Gasteiger partial charge in [-0.05, 0) is 31.7 Å². The molecule has 1 heterocycles. The minimum absolute atomic E-state index is 0.0241. The van der Waals surface area contributed by atoms with E-state index in [2.05, 4.69) is 10.2 Å². The summed E-state index contributed by atoms with van der Waals surface area (Å²) in [6.45, 7) is 1.81. The smallest absolute Gasteiger partial charge is 0.270 e. The number of anilines is 1. The van der Waals surface area contributed by atoms with E-state index in [0.29, 0.717) is 5.56 Å². The molecule has 130 valence electrons. The molecule has 2 fully saturated rings. The van der Waals surface area contributed by atoms with Gasteiger partial charge >= 0.3 is 0 Å². The van der Waals surface area contributed by atoms with E-state index in [9.17, 15) is 14.9 Å². The molecule has 1 amide bonds. The van der Waals surface area contributed by atoms with Crippen LogP contribution in [0.3, 0.4) is 0 Å². The van der Waals surface area contributed by atoms with Crippen LogP contribution in [0.4, 0.5) is 11.4 Å². The van der Waals surface area contributed by atoms with Crippen molar-refractivity contribution in [1.82, 2.24) is 5.32 Å². The van der Waals surface area contributed by atoms with Gasteiger partial charge in [-0.2, -0.15) is 0 Å². The molecule has 2 aliphatic rings. The van der Waals surface area contributed by atoms with Crippen molar-refractivity contribution in [2.45, 2.75) is 57.4 Å². The number of nitrogens with one attached hydrogen (secondary N) is 1. The number of hydrogen-bond acceptors (Lipinski definition) is 4. The molecule has 0 spiro atoms. The predicted molar refractivity (Wildman–Crippen MR) is 93.5 cm³/mol. The number of nitrogens with zero attached hydrogens (tertiary/aromatic N) is 2. The van der Waals surface area contributed by atoms with E-state index in [1.165, 1.54) is 25.0 Å². The van der Waals surface area contributed by atoms with Gasteiger partial charge in [0.2, 0.25) is 0 Å². The zero-order valence-corrected chi connectivity index (χ0v) is 14.0. The Morgan fingerprint density at radius 3 is 2.38 bits per heavy atom. The molecule has 1 N–H and O–H groups in total. The van der Waals surface area contributed by atoms with E-state index >= 15 is 0 Å². The summed E-state index contributed by atoms with van der Waals surface area (Å²) >= 11 is 0. The van der Waals surface area contributed by atoms with Crippen LogP contribution in [0.2, 0.25) is 0 Å². The average Bonchev–Trinajstić information content (AvgIpc) is 2.99. The first-order chi connectivity index (χ1) is 11.6. The van der Waals surface area contributed by atoms with Crippen LogP contribution in [0.1, 0.15) is 61.7 Å². The third-order valence-electron chi connectivity index (χ3n) is 5.07. The van der Waals surface area contributed by atoms with E-state index in [1.54, 1.807) is 6.07 Å². The molecule has 0 unspecified atom stereocenters. The lowest BCUT2D eigenvalue weighted by molar-refractivity contribution is -0.384. The molecule has 1 aliphatic heterocycles. The maximum atomic E-state index is 12.8. The second-order valence-corrected chi connectivity index (χ2v) is 6.81. The molecule has 24 heavy (non-hydrogen) atoms. The summed E-state index contributed by atoms with van der Waals surface area (Å²) in [7, 11) is 0. The van der Waals surface area contributed by atoms with Crippen molar-refractivity contribution < 1.29 is 9.72 Å². The van der Waals surface area contributed by atoms with Gasteiger partial charge in [0, 0.05) is 31.3 Å². The number of hydrogen-bond donors (Lipinski definition) is 1. The number of nitro benzene ring substituents is 1. The molecule has 0 radical (unpaired) electrons. The Morgan fingerprint density at radius 1 is 1.08 bits per heavy atom. The fourth-order valence-electron chi connectivity index (χ4n) is 3.74. The van der Waals surface area contributed by atoms with Gasteiger partial charge in [0.15, 0.2) is 0 Å². The van der Waals surface area contributed by atoms with Crippen molar-refractivity contribution in [1.29, 1.82) is 0 Å². The average molecular weight is 331 g/mol. The number of benzene rings is 1. The second-order valence-electron chi connectivity index (χ2n) is 6.81. The molecule has 1 saturated carbocycles. The second kappa shape index (κ2) is 7.64. The molecule has 0 atom stereocenters. The molecule has 6 nitrogen and oxygen atoms in total. The number of non-ortho nitro benzene ring substituents is 1. The van der Waals surface area contributed by atoms with E-state index in [0.717, 1.165) is 57.3 Å². The van der Waals surface area contributed by atoms with Gasteiger partial charge in [0.1, 0.15) is 0 Å². The Morgan fingerprint density at radius 2 is 1.75 bits per heavy atom. The number of nitro groups is 1. The largest absolute Gasteiger partial charge is 0.371 e. The van der Waals surface area contributed by atoms with Crippen LogP contribution in [0.15, 0.2) is 18.2 Å². The number of rotatable bonds is 4. The Bertz CT molecular complexity index is 604. The molecule has 1 saturated heterocycles. The number of carbonyl (C=O) groups excluding carboxylic acids is 1. The van der Waals surface area contributed by atoms with Crippen molar-refractivity contribution in [3.05, 3.63) is 33.9 Å². The van der Waals surface area contributed by atoms with Gasteiger partial charge in [-0.3, -0.25) is 14.9 Å². The van der Waals surface area contributed by atoms with Gasteiger partial charge in [0.05, 0.1) is 16.2 Å². The lowest BCUT2D eigenvalue weighted by Gasteiger charge is -2.22. The SMILES string of the molecule is O=C(NC1CCCCCC1)c1cc([N+](=O)[O-])ccc1N1CCCC1. The first-order valence-electron chi connectivity index (χ1n) is 8.99. The maximum absolute atomic E-state index is 12.8. The lowest BCUT2D eigenvalue weighted by Crippen LogP contribution is -2.35. The molecule has 3 rings (SSSR count). The Hall–Kier alpha value is -2.11. The molecule has 1 aromatic rings. The van der Waals surface area contributed by atoms with E-state index < -0.39 is 4.92 Å². The van der Waals surface area contributed by atoms with Crippen molar-refractivity contribution in [3.63, 3.8) is 0 Å². The summed E-state index contributed by atoms with van der Waals surface area (Å²) < 4.78 is 0. The van der Waals surface area contributed by atoms with Crippen LogP contribution in [0, 0.1) is 10.1 Å². The Labute approximate surface area is 142 Å². The third-order valence-corrected chi connectivity index (χ3v) is 5.07. The fraction of sp³-hybridized carbons (Fsp3) is 0.611. The van der Waals surface area contributed by atoms with Crippen molar-refractivity contribution in [2.24, 2.45) is 0 Å². The summed E-state index contributed by atoms with van der Waals surface area (Å²) in [4.78, 5) is 25.6. The molecule has 6 heteroatoms. The van der Waals surface area contributed by atoms with Gasteiger partial charge in [-0.1, -0.05) is 25.7 Å². The summed E-state index contributed by atoms with van der Waals surface area (Å²) in [5.41, 5.74) is 1.24. The Kier molecular flexibility index (Phi) is 5.33. The highest BCUT2D eigenvalue weighted by molar-refractivity contribution is 6.00. The fourth-order valence-corrected chi connectivity index (χ4v) is 3.74. The van der Waals surface area contributed by atoms with Crippen LogP contribution < -0.4 is 10.2 Å². The topological polar surface area (TPSA) is 75.5 Å². The zero-order valence-electron chi connectivity index (χ0n) is 14.0. The summed E-state index contributed by atoms with van der Waals surface area (Å²) in [5.74, 6) is -0.174. The first-order valence-corrected chi connectivity index (χ1v) is 8.99. The normalized spacial score (nSPS) is 19.1. The van der Waals surface area contributed by atoms with Crippen LogP contribution >= 0.6 is 0 Å². The standard InChI is InChI=1S/C18H25N3O3/c22-18(19-14-7-3-1-2-4-8-14)16-13-15(21(23)24)9-10-17(16)20-11-5-6-12-20/h9-10,13-14H,1-8,11-12H2,(H,19,22). The third kappa shape index (κ3) is 3.86. The van der Waals surface area contributed by atoms with Crippen molar-refractivity contribution >= 4 is 17.3 Å². The first kappa shape index (κ1) is 16.7. The minimum Gasteiger partial charge on any atom is -0.371 e. The Balaban J connectivity index is 1.83. The molecule has 0 aromatic heterocycles. The highest BCUT2D eigenvalue weighted by Gasteiger charge is 2.24. The van der Waals surface area contributed by atoms with E-state index in [-0.39, 0.29) is 17.6 Å². The van der Waals surface area contributed by atoms with Crippen LogP contribution in [-0.4, -0.2) is 30.0 Å². The molecular formula is C18H25N3O3. The maximum Gasteiger partial charge on any atom is 0.270 e. The quantitative estimate of drug-likeness (QED) is 0.519. The lowest BCUT2D eigenvalue weighted by atomic mass is 10.1. The summed E-state index contributed by atoms with van der Waals surface area (Å²) in [6, 6.07) is 4.84. The zero-order chi connectivity index (χ0) is 16.9. The summed E-state index contributed by atoms with van der Waals surface area (Å²) in [5, 5.41) is 14.2. The van der Waals surface area contributed by atoms with Crippen LogP contribution in [0.25, 0.3) is 0 Å². The molecule has 0 bridgehead atoms. The molecule has 1 aliphatic carbocycles. The van der Waals surface area contributed by atoms with Crippen molar-refractivity contribution in [2.75, 3.05) is 18.0 Å². The summed E-state index contributed by atoms with van der Waals surface area (Å²) in [6.07, 6.45) is 8.92. The van der Waals surface area contributed by atoms with Crippen LogP contribution in [0.5, 0.6) is 0 Å². The van der Waals surface area contributed by atoms with Crippen LogP contribution in [-0.2, 0) is 0 Å². The van der Waals surface area contributed by atoms with Gasteiger partial charge in [-0.15, -0.1) is 0 Å². The predicted octanol–water partition coefficient (Wildman–Crippen LogP) is 3.65. The highest BCUT2D eigenvalue weighted by Crippen LogP contribution is 2.29. The number of amides is 1.